The summed E-state index contributed by atoms with van der Waals surface area (Å²) in [5, 5.41) is 2.78. The SMILES string of the molecule is Cc1ccccc1[C@@H]1c2cccn2-c2ccccc2CN1C(=O)Nc1ccccc1F. The van der Waals surface area contributed by atoms with Gasteiger partial charge in [0.25, 0.3) is 0 Å². The minimum absolute atomic E-state index is 0.170. The second-order valence-corrected chi connectivity index (χ2v) is 7.73. The van der Waals surface area contributed by atoms with E-state index in [1.807, 2.05) is 61.7 Å². The third-order valence-electron chi connectivity index (χ3n) is 5.82. The molecule has 1 N–H and O–H groups in total. The van der Waals surface area contributed by atoms with Crippen molar-refractivity contribution in [2.75, 3.05) is 5.32 Å². The number of nitrogens with one attached hydrogen (secondary N) is 1. The van der Waals surface area contributed by atoms with Crippen LogP contribution in [0.1, 0.15) is 28.4 Å². The van der Waals surface area contributed by atoms with E-state index in [-0.39, 0.29) is 17.8 Å². The Hall–Kier alpha value is -3.86. The van der Waals surface area contributed by atoms with E-state index in [1.54, 1.807) is 23.1 Å². The Balaban J connectivity index is 1.66. The number of anilines is 1. The molecule has 154 valence electrons. The summed E-state index contributed by atoms with van der Waals surface area (Å²) in [6.45, 7) is 2.45. The molecular formula is C26H22FN3O. The Kier molecular flexibility index (Phi) is 4.79. The van der Waals surface area contributed by atoms with E-state index in [0.29, 0.717) is 6.54 Å². The highest BCUT2D eigenvalue weighted by Crippen LogP contribution is 2.38. The fourth-order valence-electron chi connectivity index (χ4n) is 4.31. The molecule has 0 radical (unpaired) electrons. The molecule has 0 saturated heterocycles. The van der Waals surface area contributed by atoms with Crippen LogP contribution in [-0.2, 0) is 6.54 Å². The van der Waals surface area contributed by atoms with E-state index in [9.17, 15) is 9.18 Å². The average molecular weight is 411 g/mol. The van der Waals surface area contributed by atoms with Crippen molar-refractivity contribution < 1.29 is 9.18 Å². The molecule has 0 saturated carbocycles. The molecule has 4 nitrogen and oxygen atoms in total. The molecule has 5 rings (SSSR count). The number of urea groups is 1. The monoisotopic (exact) mass is 411 g/mol. The third-order valence-corrected chi connectivity index (χ3v) is 5.82. The number of nitrogens with zero attached hydrogens (tertiary/aromatic N) is 2. The van der Waals surface area contributed by atoms with E-state index in [2.05, 4.69) is 22.0 Å². The van der Waals surface area contributed by atoms with Crippen LogP contribution in [0.15, 0.2) is 91.1 Å². The van der Waals surface area contributed by atoms with Crippen LogP contribution in [0.2, 0.25) is 0 Å². The largest absolute Gasteiger partial charge is 0.323 e. The van der Waals surface area contributed by atoms with Crippen molar-refractivity contribution >= 4 is 11.7 Å². The molecule has 1 aliphatic rings. The number of halogens is 1. The molecule has 2 amide bonds. The molecule has 4 aromatic rings. The highest BCUT2D eigenvalue weighted by Gasteiger charge is 2.33. The van der Waals surface area contributed by atoms with Crippen molar-refractivity contribution in [2.45, 2.75) is 19.5 Å². The van der Waals surface area contributed by atoms with Gasteiger partial charge in [0.2, 0.25) is 0 Å². The van der Waals surface area contributed by atoms with Crippen molar-refractivity contribution in [3.8, 4) is 5.69 Å². The topological polar surface area (TPSA) is 37.3 Å². The maximum Gasteiger partial charge on any atom is 0.323 e. The van der Waals surface area contributed by atoms with Gasteiger partial charge in [0.05, 0.1) is 17.9 Å². The second kappa shape index (κ2) is 7.76. The molecule has 0 spiro atoms. The molecule has 1 aromatic heterocycles. The molecule has 0 aliphatic carbocycles. The normalized spacial score (nSPS) is 15.0. The Morgan fingerprint density at radius 3 is 2.52 bits per heavy atom. The first-order chi connectivity index (χ1) is 15.1. The summed E-state index contributed by atoms with van der Waals surface area (Å²) in [7, 11) is 0. The van der Waals surface area contributed by atoms with Gasteiger partial charge in [-0.25, -0.2) is 9.18 Å². The Morgan fingerprint density at radius 2 is 1.68 bits per heavy atom. The van der Waals surface area contributed by atoms with Gasteiger partial charge in [-0.15, -0.1) is 0 Å². The molecule has 0 unspecified atom stereocenters. The Labute approximate surface area is 180 Å². The fraction of sp³-hybridized carbons (Fsp3) is 0.115. The smallest absolute Gasteiger partial charge is 0.318 e. The minimum atomic E-state index is -0.457. The number of hydrogen-bond donors (Lipinski definition) is 1. The van der Waals surface area contributed by atoms with E-state index in [1.165, 1.54) is 6.07 Å². The molecule has 0 fully saturated rings. The lowest BCUT2D eigenvalue weighted by Gasteiger charge is -2.32. The van der Waals surface area contributed by atoms with Gasteiger partial charge >= 0.3 is 6.03 Å². The minimum Gasteiger partial charge on any atom is -0.318 e. The lowest BCUT2D eigenvalue weighted by molar-refractivity contribution is 0.194. The molecule has 1 aliphatic heterocycles. The van der Waals surface area contributed by atoms with Gasteiger partial charge in [-0.1, -0.05) is 54.6 Å². The predicted octanol–water partition coefficient (Wildman–Crippen LogP) is 6.06. The van der Waals surface area contributed by atoms with Gasteiger partial charge in [-0.3, -0.25) is 0 Å². The zero-order valence-corrected chi connectivity index (χ0v) is 17.1. The van der Waals surface area contributed by atoms with Crippen LogP contribution < -0.4 is 5.32 Å². The lowest BCUT2D eigenvalue weighted by atomic mass is 9.97. The summed E-state index contributed by atoms with van der Waals surface area (Å²) in [6.07, 6.45) is 2.03. The number of hydrogen-bond acceptors (Lipinski definition) is 1. The van der Waals surface area contributed by atoms with Crippen LogP contribution in [0.25, 0.3) is 5.69 Å². The number of amides is 2. The van der Waals surface area contributed by atoms with Crippen molar-refractivity contribution in [2.24, 2.45) is 0 Å². The molecule has 5 heteroatoms. The van der Waals surface area contributed by atoms with Crippen molar-refractivity contribution in [3.05, 3.63) is 119 Å². The Bertz CT molecular complexity index is 1260. The molecular weight excluding hydrogens is 389 g/mol. The van der Waals surface area contributed by atoms with E-state index in [4.69, 9.17) is 0 Å². The van der Waals surface area contributed by atoms with Crippen molar-refractivity contribution in [3.63, 3.8) is 0 Å². The number of aryl methyl sites for hydroxylation is 1. The summed E-state index contributed by atoms with van der Waals surface area (Å²) in [5.41, 5.74) is 5.36. The number of benzene rings is 3. The summed E-state index contributed by atoms with van der Waals surface area (Å²) in [5.74, 6) is -0.457. The van der Waals surface area contributed by atoms with Crippen LogP contribution in [0.5, 0.6) is 0 Å². The predicted molar refractivity (Wildman–Crippen MR) is 120 cm³/mol. The summed E-state index contributed by atoms with van der Waals surface area (Å²) < 4.78 is 16.4. The summed E-state index contributed by atoms with van der Waals surface area (Å²) in [4.78, 5) is 15.3. The molecule has 0 bridgehead atoms. The van der Waals surface area contributed by atoms with Gasteiger partial charge in [-0.05, 0) is 53.9 Å². The van der Waals surface area contributed by atoms with Crippen LogP contribution in [0, 0.1) is 12.7 Å². The summed E-state index contributed by atoms with van der Waals surface area (Å²) >= 11 is 0. The van der Waals surface area contributed by atoms with Crippen LogP contribution in [0.4, 0.5) is 14.9 Å². The van der Waals surface area contributed by atoms with Gasteiger partial charge in [0.15, 0.2) is 0 Å². The third kappa shape index (κ3) is 3.38. The maximum atomic E-state index is 14.3. The van der Waals surface area contributed by atoms with Crippen molar-refractivity contribution in [1.82, 2.24) is 9.47 Å². The number of fused-ring (bicyclic) bond motifs is 3. The number of rotatable bonds is 2. The average Bonchev–Trinajstić information content (AvgIpc) is 3.21. The first kappa shape index (κ1) is 19.1. The van der Waals surface area contributed by atoms with E-state index in [0.717, 1.165) is 28.1 Å². The van der Waals surface area contributed by atoms with Crippen LogP contribution in [0.3, 0.4) is 0 Å². The number of carbonyl (C=O) groups excluding carboxylic acids is 1. The maximum absolute atomic E-state index is 14.3. The highest BCUT2D eigenvalue weighted by molar-refractivity contribution is 5.90. The standard InChI is InChI=1S/C26H22FN3O/c1-18-9-2-4-11-20(18)25-24-15-8-16-29(24)23-14-7-3-10-19(23)17-30(25)26(31)28-22-13-6-5-12-21(22)27/h2-16,25H,17H2,1H3,(H,28,31)/t25-/m1/s1. The highest BCUT2D eigenvalue weighted by atomic mass is 19.1. The quantitative estimate of drug-likeness (QED) is 0.428. The first-order valence-corrected chi connectivity index (χ1v) is 10.3. The van der Waals surface area contributed by atoms with Crippen molar-refractivity contribution in [1.29, 1.82) is 0 Å². The van der Waals surface area contributed by atoms with Crippen LogP contribution in [-0.4, -0.2) is 15.5 Å². The molecule has 3 aromatic carbocycles. The second-order valence-electron chi connectivity index (χ2n) is 7.73. The van der Waals surface area contributed by atoms with Crippen LogP contribution >= 0.6 is 0 Å². The lowest BCUT2D eigenvalue weighted by Crippen LogP contribution is -2.38. The molecule has 31 heavy (non-hydrogen) atoms. The number of para-hydroxylation sites is 2. The van der Waals surface area contributed by atoms with E-state index >= 15 is 0 Å². The molecule has 1 atom stereocenters. The molecule has 2 heterocycles. The zero-order chi connectivity index (χ0) is 21.4. The van der Waals surface area contributed by atoms with E-state index < -0.39 is 5.82 Å². The van der Waals surface area contributed by atoms with Gasteiger partial charge in [0.1, 0.15) is 11.9 Å². The van der Waals surface area contributed by atoms with Gasteiger partial charge in [0, 0.05) is 11.9 Å². The fourth-order valence-corrected chi connectivity index (χ4v) is 4.31. The number of aromatic nitrogens is 1. The zero-order valence-electron chi connectivity index (χ0n) is 17.1. The van der Waals surface area contributed by atoms with Gasteiger partial charge < -0.3 is 14.8 Å². The Morgan fingerprint density at radius 1 is 0.935 bits per heavy atom. The number of carbonyl (C=O) groups is 1. The summed E-state index contributed by atoms with van der Waals surface area (Å²) in [6, 6.07) is 25.8. The van der Waals surface area contributed by atoms with Gasteiger partial charge in [-0.2, -0.15) is 0 Å². The first-order valence-electron chi connectivity index (χ1n) is 10.3.